The third-order valence-electron chi connectivity index (χ3n) is 3.94. The first-order valence-corrected chi connectivity index (χ1v) is 7.26. The first-order chi connectivity index (χ1) is 9.74. The van der Waals surface area contributed by atoms with Crippen LogP contribution in [0.1, 0.15) is 36.1 Å². The Morgan fingerprint density at radius 3 is 2.95 bits per heavy atom. The standard InChI is InChI=1S/C16H20N2O2/c1-2-13-5-6-14(20-13)10-17-12-4-7-15-11(9-12)3-8-16(19)18-15/h3,5-6,8,12,17H,2,4,7,9-10H2,1H3,(H,18,19)/t12-/m1/s1. The second-order valence-corrected chi connectivity index (χ2v) is 5.37. The van der Waals surface area contributed by atoms with Crippen LogP contribution in [0.3, 0.4) is 0 Å². The first kappa shape index (κ1) is 13.2. The van der Waals surface area contributed by atoms with Gasteiger partial charge in [0.25, 0.3) is 0 Å². The highest BCUT2D eigenvalue weighted by Gasteiger charge is 2.18. The summed E-state index contributed by atoms with van der Waals surface area (Å²) in [7, 11) is 0. The van der Waals surface area contributed by atoms with E-state index in [1.807, 2.05) is 18.2 Å². The number of furan rings is 1. The van der Waals surface area contributed by atoms with Gasteiger partial charge in [-0.1, -0.05) is 13.0 Å². The fraction of sp³-hybridized carbons (Fsp3) is 0.438. The summed E-state index contributed by atoms with van der Waals surface area (Å²) in [5.41, 5.74) is 2.35. The van der Waals surface area contributed by atoms with Crippen molar-refractivity contribution in [2.24, 2.45) is 0 Å². The van der Waals surface area contributed by atoms with Gasteiger partial charge in [0.2, 0.25) is 5.56 Å². The number of hydrogen-bond donors (Lipinski definition) is 2. The monoisotopic (exact) mass is 272 g/mol. The van der Waals surface area contributed by atoms with Crippen LogP contribution in [0.15, 0.2) is 33.5 Å². The molecule has 0 amide bonds. The number of hydrogen-bond acceptors (Lipinski definition) is 3. The molecule has 2 heterocycles. The summed E-state index contributed by atoms with van der Waals surface area (Å²) in [6, 6.07) is 8.09. The average Bonchev–Trinajstić information content (AvgIpc) is 2.93. The maximum atomic E-state index is 11.3. The predicted molar refractivity (Wildman–Crippen MR) is 77.8 cm³/mol. The largest absolute Gasteiger partial charge is 0.465 e. The molecule has 0 unspecified atom stereocenters. The predicted octanol–water partition coefficient (Wildman–Crippen LogP) is 2.18. The van der Waals surface area contributed by atoms with Crippen molar-refractivity contribution in [3.8, 4) is 0 Å². The van der Waals surface area contributed by atoms with Crippen LogP contribution >= 0.6 is 0 Å². The molecule has 0 bridgehead atoms. The van der Waals surface area contributed by atoms with Crippen LogP contribution < -0.4 is 10.9 Å². The van der Waals surface area contributed by atoms with Gasteiger partial charge in [0.15, 0.2) is 0 Å². The van der Waals surface area contributed by atoms with Crippen LogP contribution in [0.5, 0.6) is 0 Å². The summed E-state index contributed by atoms with van der Waals surface area (Å²) < 4.78 is 5.70. The van der Waals surface area contributed by atoms with E-state index in [1.165, 1.54) is 5.56 Å². The van der Waals surface area contributed by atoms with Crippen LogP contribution in [-0.2, 0) is 25.8 Å². The van der Waals surface area contributed by atoms with E-state index in [0.717, 1.165) is 49.4 Å². The molecule has 0 aromatic carbocycles. The lowest BCUT2D eigenvalue weighted by Gasteiger charge is -2.24. The van der Waals surface area contributed by atoms with Crippen LogP contribution in [0.25, 0.3) is 0 Å². The number of aromatic amines is 1. The zero-order valence-electron chi connectivity index (χ0n) is 11.7. The topological polar surface area (TPSA) is 58.0 Å². The van der Waals surface area contributed by atoms with Gasteiger partial charge in [0, 0.05) is 24.2 Å². The summed E-state index contributed by atoms with van der Waals surface area (Å²) in [6.07, 6.45) is 3.88. The number of aromatic nitrogens is 1. The SMILES string of the molecule is CCc1ccc(CN[C@@H]2CCc3[nH]c(=O)ccc3C2)o1. The Kier molecular flexibility index (Phi) is 3.74. The molecular weight excluding hydrogens is 252 g/mol. The van der Waals surface area contributed by atoms with Crippen molar-refractivity contribution in [1.29, 1.82) is 0 Å². The normalized spacial score (nSPS) is 17.9. The highest BCUT2D eigenvalue weighted by molar-refractivity contribution is 5.24. The van der Waals surface area contributed by atoms with Gasteiger partial charge in [0.05, 0.1) is 6.54 Å². The molecular formula is C16H20N2O2. The molecule has 20 heavy (non-hydrogen) atoms. The Labute approximate surface area is 118 Å². The van der Waals surface area contributed by atoms with E-state index >= 15 is 0 Å². The zero-order valence-corrected chi connectivity index (χ0v) is 11.7. The van der Waals surface area contributed by atoms with Gasteiger partial charge in [-0.05, 0) is 37.0 Å². The molecule has 106 valence electrons. The Morgan fingerprint density at radius 1 is 1.30 bits per heavy atom. The third-order valence-corrected chi connectivity index (χ3v) is 3.94. The lowest BCUT2D eigenvalue weighted by atomic mass is 9.92. The number of pyridine rings is 1. The van der Waals surface area contributed by atoms with Crippen molar-refractivity contribution in [2.75, 3.05) is 0 Å². The summed E-state index contributed by atoms with van der Waals surface area (Å²) in [5.74, 6) is 2.03. The second-order valence-electron chi connectivity index (χ2n) is 5.37. The van der Waals surface area contributed by atoms with E-state index in [4.69, 9.17) is 4.42 Å². The number of fused-ring (bicyclic) bond motifs is 1. The molecule has 4 heteroatoms. The van der Waals surface area contributed by atoms with Crippen LogP contribution in [-0.4, -0.2) is 11.0 Å². The minimum Gasteiger partial charge on any atom is -0.465 e. The molecule has 3 rings (SSSR count). The average molecular weight is 272 g/mol. The fourth-order valence-electron chi connectivity index (χ4n) is 2.77. The molecule has 0 radical (unpaired) electrons. The summed E-state index contributed by atoms with van der Waals surface area (Å²) in [5, 5.41) is 3.55. The third kappa shape index (κ3) is 2.85. The lowest BCUT2D eigenvalue weighted by Crippen LogP contribution is -2.35. The van der Waals surface area contributed by atoms with E-state index in [1.54, 1.807) is 6.07 Å². The molecule has 0 saturated carbocycles. The van der Waals surface area contributed by atoms with Crippen molar-refractivity contribution in [3.05, 3.63) is 57.4 Å². The van der Waals surface area contributed by atoms with Crippen molar-refractivity contribution < 1.29 is 4.42 Å². The van der Waals surface area contributed by atoms with Crippen molar-refractivity contribution >= 4 is 0 Å². The number of nitrogens with one attached hydrogen (secondary N) is 2. The van der Waals surface area contributed by atoms with Gasteiger partial charge in [-0.25, -0.2) is 0 Å². The van der Waals surface area contributed by atoms with Crippen molar-refractivity contribution in [1.82, 2.24) is 10.3 Å². The van der Waals surface area contributed by atoms with E-state index in [-0.39, 0.29) is 5.56 Å². The van der Waals surface area contributed by atoms with E-state index in [2.05, 4.69) is 17.2 Å². The molecule has 0 aliphatic heterocycles. The van der Waals surface area contributed by atoms with E-state index in [9.17, 15) is 4.79 Å². The minimum atomic E-state index is -0.00200. The molecule has 0 spiro atoms. The molecule has 2 aromatic heterocycles. The summed E-state index contributed by atoms with van der Waals surface area (Å²) in [4.78, 5) is 14.2. The maximum absolute atomic E-state index is 11.3. The Balaban J connectivity index is 1.60. The van der Waals surface area contributed by atoms with E-state index < -0.39 is 0 Å². The molecule has 1 aliphatic carbocycles. The Hall–Kier alpha value is -1.81. The molecule has 1 aliphatic rings. The van der Waals surface area contributed by atoms with Gasteiger partial charge in [-0.3, -0.25) is 4.79 Å². The Bertz CT molecular complexity index is 642. The minimum absolute atomic E-state index is 0.00200. The lowest BCUT2D eigenvalue weighted by molar-refractivity contribution is 0.402. The van der Waals surface area contributed by atoms with Gasteiger partial charge in [0.1, 0.15) is 11.5 Å². The Morgan fingerprint density at radius 2 is 2.15 bits per heavy atom. The van der Waals surface area contributed by atoms with Gasteiger partial charge >= 0.3 is 0 Å². The molecule has 0 saturated heterocycles. The fourth-order valence-corrected chi connectivity index (χ4v) is 2.77. The highest BCUT2D eigenvalue weighted by atomic mass is 16.3. The van der Waals surface area contributed by atoms with Crippen LogP contribution in [0, 0.1) is 0 Å². The quantitative estimate of drug-likeness (QED) is 0.897. The summed E-state index contributed by atoms with van der Waals surface area (Å²) in [6.45, 7) is 2.86. The van der Waals surface area contributed by atoms with Crippen LogP contribution in [0.4, 0.5) is 0 Å². The molecule has 4 nitrogen and oxygen atoms in total. The first-order valence-electron chi connectivity index (χ1n) is 7.26. The van der Waals surface area contributed by atoms with Gasteiger partial charge < -0.3 is 14.7 Å². The van der Waals surface area contributed by atoms with E-state index in [0.29, 0.717) is 6.04 Å². The van der Waals surface area contributed by atoms with Gasteiger partial charge in [-0.2, -0.15) is 0 Å². The number of rotatable bonds is 4. The second kappa shape index (κ2) is 5.67. The van der Waals surface area contributed by atoms with Crippen molar-refractivity contribution in [3.63, 3.8) is 0 Å². The molecule has 2 aromatic rings. The maximum Gasteiger partial charge on any atom is 0.248 e. The molecule has 2 N–H and O–H groups in total. The van der Waals surface area contributed by atoms with Crippen molar-refractivity contribution in [2.45, 2.75) is 45.2 Å². The number of H-pyrrole nitrogens is 1. The zero-order chi connectivity index (χ0) is 13.9. The smallest absolute Gasteiger partial charge is 0.248 e. The summed E-state index contributed by atoms with van der Waals surface area (Å²) >= 11 is 0. The molecule has 1 atom stereocenters. The van der Waals surface area contributed by atoms with Crippen LogP contribution in [0.2, 0.25) is 0 Å². The highest BCUT2D eigenvalue weighted by Crippen LogP contribution is 2.18. The van der Waals surface area contributed by atoms with Gasteiger partial charge in [-0.15, -0.1) is 0 Å². The molecule has 0 fully saturated rings. The number of aryl methyl sites for hydroxylation is 2.